The lowest BCUT2D eigenvalue weighted by Gasteiger charge is -2.12. The van der Waals surface area contributed by atoms with Crippen LogP contribution in [0.2, 0.25) is 0 Å². The predicted octanol–water partition coefficient (Wildman–Crippen LogP) is 3.50. The van der Waals surface area contributed by atoms with E-state index in [9.17, 15) is 0 Å². The molecule has 0 radical (unpaired) electrons. The van der Waals surface area contributed by atoms with E-state index >= 15 is 0 Å². The quantitative estimate of drug-likeness (QED) is 0.794. The molecule has 0 fully saturated rings. The highest BCUT2D eigenvalue weighted by molar-refractivity contribution is 5.77. The van der Waals surface area contributed by atoms with Crippen LogP contribution in [0, 0.1) is 0 Å². The average Bonchev–Trinajstić information content (AvgIpc) is 2.87. The summed E-state index contributed by atoms with van der Waals surface area (Å²) in [6.45, 7) is 2.97. The van der Waals surface area contributed by atoms with E-state index in [1.165, 1.54) is 5.69 Å². The smallest absolute Gasteiger partial charge is 0.139 e. The normalized spacial score (nSPS) is 10.8. The number of fused-ring (bicyclic) bond motifs is 1. The number of anilines is 2. The lowest BCUT2D eigenvalue weighted by Crippen LogP contribution is -2.08. The number of aromatic nitrogens is 2. The fourth-order valence-corrected chi connectivity index (χ4v) is 2.45. The lowest BCUT2D eigenvalue weighted by atomic mass is 10.1. The molecule has 0 bridgehead atoms. The molecule has 4 nitrogen and oxygen atoms in total. The van der Waals surface area contributed by atoms with E-state index in [4.69, 9.17) is 4.98 Å². The van der Waals surface area contributed by atoms with E-state index < -0.39 is 0 Å². The second kappa shape index (κ2) is 5.48. The van der Waals surface area contributed by atoms with Crippen LogP contribution in [0.15, 0.2) is 48.7 Å². The van der Waals surface area contributed by atoms with Gasteiger partial charge in [-0.1, -0.05) is 18.2 Å². The van der Waals surface area contributed by atoms with E-state index in [0.29, 0.717) is 0 Å². The van der Waals surface area contributed by atoms with Gasteiger partial charge in [0.2, 0.25) is 0 Å². The van der Waals surface area contributed by atoms with Crippen LogP contribution in [-0.2, 0) is 0 Å². The molecule has 2 heterocycles. The Kier molecular flexibility index (Phi) is 3.52. The number of rotatable bonds is 4. The third-order valence-corrected chi connectivity index (χ3v) is 3.53. The van der Waals surface area contributed by atoms with Crippen LogP contribution in [0.25, 0.3) is 16.9 Å². The zero-order chi connectivity index (χ0) is 14.8. The minimum Gasteiger partial charge on any atom is -0.378 e. The van der Waals surface area contributed by atoms with Crippen molar-refractivity contribution in [3.8, 4) is 11.3 Å². The predicted molar refractivity (Wildman–Crippen MR) is 89.1 cm³/mol. The molecule has 108 valence electrons. The Balaban J connectivity index is 2.12. The van der Waals surface area contributed by atoms with Gasteiger partial charge in [0.1, 0.15) is 17.2 Å². The molecule has 3 aromatic rings. The van der Waals surface area contributed by atoms with Crippen LogP contribution < -0.4 is 10.2 Å². The molecular weight excluding hydrogens is 260 g/mol. The van der Waals surface area contributed by atoms with Crippen molar-refractivity contribution < 1.29 is 0 Å². The average molecular weight is 280 g/mol. The molecule has 21 heavy (non-hydrogen) atoms. The number of pyridine rings is 1. The molecule has 4 heteroatoms. The Morgan fingerprint density at radius 3 is 2.52 bits per heavy atom. The molecule has 2 aromatic heterocycles. The van der Waals surface area contributed by atoms with E-state index in [1.807, 2.05) is 38.5 Å². The fraction of sp³-hybridized carbons (Fsp3) is 0.235. The zero-order valence-corrected chi connectivity index (χ0v) is 12.7. The van der Waals surface area contributed by atoms with Crippen molar-refractivity contribution in [2.75, 3.05) is 30.9 Å². The van der Waals surface area contributed by atoms with Gasteiger partial charge in [0, 0.05) is 38.1 Å². The summed E-state index contributed by atoms with van der Waals surface area (Å²) in [5.41, 5.74) is 4.27. The van der Waals surface area contributed by atoms with Crippen molar-refractivity contribution in [2.45, 2.75) is 6.92 Å². The Labute approximate surface area is 125 Å². The van der Waals surface area contributed by atoms with E-state index in [-0.39, 0.29) is 0 Å². The van der Waals surface area contributed by atoms with Gasteiger partial charge in [0.15, 0.2) is 0 Å². The number of nitrogens with zero attached hydrogens (tertiary/aromatic N) is 3. The summed E-state index contributed by atoms with van der Waals surface area (Å²) in [5.74, 6) is 1.05. The highest BCUT2D eigenvalue weighted by Crippen LogP contribution is 2.29. The van der Waals surface area contributed by atoms with E-state index in [2.05, 4.69) is 45.8 Å². The molecule has 0 atom stereocenters. The second-order valence-electron chi connectivity index (χ2n) is 5.21. The standard InChI is InChI=1S/C17H20N4/c1-4-18-17-16(19-15-7-5-6-12-21(15)17)13-8-10-14(11-9-13)20(2)3/h5-12,18H,4H2,1-3H3. The SMILES string of the molecule is CCNc1c(-c2ccc(N(C)C)cc2)nc2ccccn12. The van der Waals surface area contributed by atoms with Gasteiger partial charge in [0.05, 0.1) is 0 Å². The first-order chi connectivity index (χ1) is 10.2. The van der Waals surface area contributed by atoms with Crippen molar-refractivity contribution in [2.24, 2.45) is 0 Å². The molecule has 0 amide bonds. The summed E-state index contributed by atoms with van der Waals surface area (Å²) in [7, 11) is 4.09. The summed E-state index contributed by atoms with van der Waals surface area (Å²) in [5, 5.41) is 3.43. The van der Waals surface area contributed by atoms with Crippen molar-refractivity contribution in [1.29, 1.82) is 0 Å². The van der Waals surface area contributed by atoms with Gasteiger partial charge in [-0.05, 0) is 31.2 Å². The number of nitrogens with one attached hydrogen (secondary N) is 1. The molecule has 1 aromatic carbocycles. The van der Waals surface area contributed by atoms with Crippen LogP contribution in [0.3, 0.4) is 0 Å². The Morgan fingerprint density at radius 1 is 1.10 bits per heavy atom. The summed E-state index contributed by atoms with van der Waals surface area (Å²) in [6.07, 6.45) is 2.04. The molecule has 0 aliphatic carbocycles. The molecule has 0 aliphatic heterocycles. The van der Waals surface area contributed by atoms with Crippen LogP contribution in [0.1, 0.15) is 6.92 Å². The first kappa shape index (κ1) is 13.5. The van der Waals surface area contributed by atoms with E-state index in [0.717, 1.165) is 29.3 Å². The second-order valence-corrected chi connectivity index (χ2v) is 5.21. The molecule has 0 saturated carbocycles. The Morgan fingerprint density at radius 2 is 1.86 bits per heavy atom. The topological polar surface area (TPSA) is 32.6 Å². The molecule has 0 unspecified atom stereocenters. The molecule has 0 aliphatic rings. The third kappa shape index (κ3) is 2.44. The lowest BCUT2D eigenvalue weighted by molar-refractivity contribution is 1.12. The molecular formula is C17H20N4. The maximum Gasteiger partial charge on any atom is 0.139 e. The minimum absolute atomic E-state index is 0.867. The fourth-order valence-electron chi connectivity index (χ4n) is 2.45. The summed E-state index contributed by atoms with van der Waals surface area (Å²) < 4.78 is 2.10. The van der Waals surface area contributed by atoms with Crippen molar-refractivity contribution in [3.05, 3.63) is 48.7 Å². The van der Waals surface area contributed by atoms with Gasteiger partial charge in [-0.2, -0.15) is 0 Å². The molecule has 3 rings (SSSR count). The zero-order valence-electron chi connectivity index (χ0n) is 12.7. The van der Waals surface area contributed by atoms with Gasteiger partial charge < -0.3 is 10.2 Å². The maximum absolute atomic E-state index is 4.76. The van der Waals surface area contributed by atoms with Gasteiger partial charge in [-0.3, -0.25) is 4.40 Å². The van der Waals surface area contributed by atoms with E-state index in [1.54, 1.807) is 0 Å². The third-order valence-electron chi connectivity index (χ3n) is 3.53. The van der Waals surface area contributed by atoms with Crippen molar-refractivity contribution in [3.63, 3.8) is 0 Å². The molecule has 0 spiro atoms. The maximum atomic E-state index is 4.76. The number of benzene rings is 1. The Bertz CT molecular complexity index is 741. The summed E-state index contributed by atoms with van der Waals surface area (Å²) in [6, 6.07) is 14.5. The first-order valence-corrected chi connectivity index (χ1v) is 7.19. The highest BCUT2D eigenvalue weighted by atomic mass is 15.1. The van der Waals surface area contributed by atoms with Gasteiger partial charge >= 0.3 is 0 Å². The van der Waals surface area contributed by atoms with Crippen molar-refractivity contribution in [1.82, 2.24) is 9.38 Å². The minimum atomic E-state index is 0.867. The number of imidazole rings is 1. The summed E-state index contributed by atoms with van der Waals surface area (Å²) >= 11 is 0. The summed E-state index contributed by atoms with van der Waals surface area (Å²) in [4.78, 5) is 6.86. The molecule has 1 N–H and O–H groups in total. The van der Waals surface area contributed by atoms with Crippen molar-refractivity contribution >= 4 is 17.2 Å². The first-order valence-electron chi connectivity index (χ1n) is 7.19. The van der Waals surface area contributed by atoms with Gasteiger partial charge in [0.25, 0.3) is 0 Å². The van der Waals surface area contributed by atoms with Crippen LogP contribution >= 0.6 is 0 Å². The van der Waals surface area contributed by atoms with Gasteiger partial charge in [-0.25, -0.2) is 4.98 Å². The van der Waals surface area contributed by atoms with Gasteiger partial charge in [-0.15, -0.1) is 0 Å². The number of hydrogen-bond acceptors (Lipinski definition) is 3. The molecule has 0 saturated heterocycles. The Hall–Kier alpha value is -2.49. The van der Waals surface area contributed by atoms with Crippen LogP contribution in [0.5, 0.6) is 0 Å². The number of hydrogen-bond donors (Lipinski definition) is 1. The highest BCUT2D eigenvalue weighted by Gasteiger charge is 2.13. The largest absolute Gasteiger partial charge is 0.378 e. The van der Waals surface area contributed by atoms with Crippen LogP contribution in [0.4, 0.5) is 11.5 Å². The monoisotopic (exact) mass is 280 g/mol. The van der Waals surface area contributed by atoms with Crippen LogP contribution in [-0.4, -0.2) is 30.0 Å².